The number of likely N-dealkylation sites (tertiary alicyclic amines) is 1. The zero-order chi connectivity index (χ0) is 22.7. The largest absolute Gasteiger partial charge is 0.342 e. The van der Waals surface area contributed by atoms with Gasteiger partial charge in [-0.3, -0.25) is 9.89 Å². The molecule has 1 fully saturated rings. The number of nitrogens with zero attached hydrogens (tertiary/aromatic N) is 4. The number of anilines is 2. The summed E-state index contributed by atoms with van der Waals surface area (Å²) >= 11 is 0. The van der Waals surface area contributed by atoms with Crippen LogP contribution >= 0.6 is 0 Å². The van der Waals surface area contributed by atoms with Crippen molar-refractivity contribution in [1.82, 2.24) is 25.1 Å². The van der Waals surface area contributed by atoms with Crippen molar-refractivity contribution in [3.63, 3.8) is 0 Å². The van der Waals surface area contributed by atoms with Gasteiger partial charge >= 0.3 is 0 Å². The van der Waals surface area contributed by atoms with Gasteiger partial charge in [-0.25, -0.2) is 18.7 Å². The Hall–Kier alpha value is -3.36. The summed E-state index contributed by atoms with van der Waals surface area (Å²) in [5.74, 6) is 0.841. The zero-order valence-corrected chi connectivity index (χ0v) is 18.2. The molecule has 32 heavy (non-hydrogen) atoms. The highest BCUT2D eigenvalue weighted by Crippen LogP contribution is 2.24. The summed E-state index contributed by atoms with van der Waals surface area (Å²) in [5.41, 5.74) is 1.73. The normalized spacial score (nSPS) is 14.6. The Balaban J connectivity index is 1.33. The van der Waals surface area contributed by atoms with Crippen molar-refractivity contribution in [2.24, 2.45) is 5.92 Å². The third kappa shape index (κ3) is 5.27. The molecule has 0 unspecified atom stereocenters. The third-order valence-electron chi connectivity index (χ3n) is 5.71. The van der Waals surface area contributed by atoms with E-state index in [0.717, 1.165) is 30.7 Å². The number of amides is 1. The quantitative estimate of drug-likeness (QED) is 0.608. The molecule has 0 bridgehead atoms. The molecule has 0 spiro atoms. The molecule has 2 N–H and O–H groups in total. The van der Waals surface area contributed by atoms with E-state index in [9.17, 15) is 13.6 Å². The van der Waals surface area contributed by atoms with Crippen molar-refractivity contribution in [1.29, 1.82) is 0 Å². The van der Waals surface area contributed by atoms with Crippen LogP contribution in [-0.2, 0) is 17.6 Å². The summed E-state index contributed by atoms with van der Waals surface area (Å²) in [4.78, 5) is 23.2. The number of aromatic nitrogens is 4. The SMILES string of the molecule is Cc1nc(CC2CCN(C(=O)Cc3c(F)cccc3F)CC2)cc(Nc2cc(C)[nH]n2)n1. The summed E-state index contributed by atoms with van der Waals surface area (Å²) in [7, 11) is 0. The Morgan fingerprint density at radius 2 is 1.84 bits per heavy atom. The average Bonchev–Trinajstić information content (AvgIpc) is 3.15. The van der Waals surface area contributed by atoms with Gasteiger partial charge in [0, 0.05) is 42.2 Å². The molecule has 168 valence electrons. The number of halogens is 2. The second-order valence-electron chi connectivity index (χ2n) is 8.26. The van der Waals surface area contributed by atoms with Gasteiger partial charge in [0.2, 0.25) is 5.91 Å². The fraction of sp³-hybridized carbons (Fsp3) is 0.391. The van der Waals surface area contributed by atoms with E-state index in [0.29, 0.717) is 36.5 Å². The van der Waals surface area contributed by atoms with Crippen LogP contribution in [0.5, 0.6) is 0 Å². The first kappa shape index (κ1) is 21.9. The van der Waals surface area contributed by atoms with Crippen LogP contribution in [0.15, 0.2) is 30.3 Å². The number of H-pyrrole nitrogens is 1. The van der Waals surface area contributed by atoms with Crippen LogP contribution in [0.4, 0.5) is 20.4 Å². The van der Waals surface area contributed by atoms with Gasteiger partial charge in [-0.05, 0) is 51.2 Å². The number of nitrogens with one attached hydrogen (secondary N) is 2. The van der Waals surface area contributed by atoms with Gasteiger partial charge in [-0.1, -0.05) is 6.07 Å². The predicted octanol–water partition coefficient (Wildman–Crippen LogP) is 3.86. The molecule has 0 atom stereocenters. The lowest BCUT2D eigenvalue weighted by Gasteiger charge is -2.32. The number of benzene rings is 1. The lowest BCUT2D eigenvalue weighted by atomic mass is 9.91. The number of hydrogen-bond donors (Lipinski definition) is 2. The highest BCUT2D eigenvalue weighted by molar-refractivity contribution is 5.79. The summed E-state index contributed by atoms with van der Waals surface area (Å²) in [6.07, 6.45) is 2.16. The first-order valence-electron chi connectivity index (χ1n) is 10.7. The van der Waals surface area contributed by atoms with Crippen LogP contribution in [0.2, 0.25) is 0 Å². The molecular formula is C23H26F2N6O. The topological polar surface area (TPSA) is 86.8 Å². The van der Waals surface area contributed by atoms with Crippen LogP contribution in [0.3, 0.4) is 0 Å². The summed E-state index contributed by atoms with van der Waals surface area (Å²) in [6, 6.07) is 7.48. The van der Waals surface area contributed by atoms with Gasteiger partial charge in [0.05, 0.1) is 6.42 Å². The maximum absolute atomic E-state index is 13.9. The molecule has 0 saturated carbocycles. The van der Waals surface area contributed by atoms with Gasteiger partial charge in [0.15, 0.2) is 5.82 Å². The standard InChI is InChI=1S/C23H26F2N6O/c1-14-10-22(30-29-14)28-21-12-17(26-15(2)27-21)11-16-6-8-31(9-7-16)23(32)13-18-19(24)4-3-5-20(18)25/h3-5,10,12,16H,6-9,11,13H2,1-2H3,(H2,26,27,28,29,30). The highest BCUT2D eigenvalue weighted by atomic mass is 19.1. The smallest absolute Gasteiger partial charge is 0.227 e. The first-order valence-corrected chi connectivity index (χ1v) is 10.7. The maximum Gasteiger partial charge on any atom is 0.227 e. The Kier molecular flexibility index (Phi) is 6.43. The van der Waals surface area contributed by atoms with E-state index in [1.165, 1.54) is 18.2 Å². The minimum absolute atomic E-state index is 0.164. The van der Waals surface area contributed by atoms with Crippen molar-refractivity contribution in [3.8, 4) is 0 Å². The van der Waals surface area contributed by atoms with Crippen LogP contribution in [0.1, 0.15) is 35.6 Å². The lowest BCUT2D eigenvalue weighted by Crippen LogP contribution is -2.40. The second kappa shape index (κ2) is 9.42. The highest BCUT2D eigenvalue weighted by Gasteiger charge is 2.25. The van der Waals surface area contributed by atoms with Gasteiger partial charge in [-0.15, -0.1) is 0 Å². The van der Waals surface area contributed by atoms with E-state index in [1.54, 1.807) is 4.90 Å². The number of hydrogen-bond acceptors (Lipinski definition) is 5. The molecule has 1 saturated heterocycles. The molecule has 0 aliphatic carbocycles. The third-order valence-corrected chi connectivity index (χ3v) is 5.71. The van der Waals surface area contributed by atoms with E-state index in [-0.39, 0.29) is 17.9 Å². The number of aromatic amines is 1. The zero-order valence-electron chi connectivity index (χ0n) is 18.2. The first-order chi connectivity index (χ1) is 15.4. The number of rotatable bonds is 6. The van der Waals surface area contributed by atoms with Crippen LogP contribution in [-0.4, -0.2) is 44.1 Å². The minimum Gasteiger partial charge on any atom is -0.342 e. The Morgan fingerprint density at radius 1 is 1.12 bits per heavy atom. The molecule has 1 aliphatic rings. The molecule has 1 amide bonds. The Morgan fingerprint density at radius 3 is 2.50 bits per heavy atom. The maximum atomic E-state index is 13.9. The monoisotopic (exact) mass is 440 g/mol. The van der Waals surface area contributed by atoms with Gasteiger partial charge < -0.3 is 10.2 Å². The minimum atomic E-state index is -0.679. The molecule has 1 aliphatic heterocycles. The second-order valence-corrected chi connectivity index (χ2v) is 8.26. The fourth-order valence-electron chi connectivity index (χ4n) is 4.06. The Labute approximate surface area is 185 Å². The van der Waals surface area contributed by atoms with Gasteiger partial charge in [0.25, 0.3) is 0 Å². The summed E-state index contributed by atoms with van der Waals surface area (Å²) in [6.45, 7) is 4.93. The molecule has 0 radical (unpaired) electrons. The molecule has 3 heterocycles. The summed E-state index contributed by atoms with van der Waals surface area (Å²) in [5, 5.41) is 10.2. The molecule has 7 nitrogen and oxygen atoms in total. The average molecular weight is 440 g/mol. The molecule has 9 heteroatoms. The van der Waals surface area contributed by atoms with E-state index in [4.69, 9.17) is 0 Å². The number of carbonyl (C=O) groups is 1. The molecule has 4 rings (SSSR count). The number of carbonyl (C=O) groups excluding carboxylic acids is 1. The van der Waals surface area contributed by atoms with Crippen molar-refractivity contribution in [2.75, 3.05) is 18.4 Å². The van der Waals surface area contributed by atoms with E-state index >= 15 is 0 Å². The van der Waals surface area contributed by atoms with Crippen LogP contribution < -0.4 is 5.32 Å². The van der Waals surface area contributed by atoms with Gasteiger partial charge in [0.1, 0.15) is 23.3 Å². The predicted molar refractivity (Wildman–Crippen MR) is 116 cm³/mol. The van der Waals surface area contributed by atoms with E-state index in [2.05, 4.69) is 25.5 Å². The van der Waals surface area contributed by atoms with Crippen molar-refractivity contribution >= 4 is 17.5 Å². The van der Waals surface area contributed by atoms with Crippen molar-refractivity contribution in [2.45, 2.75) is 39.5 Å². The van der Waals surface area contributed by atoms with Gasteiger partial charge in [-0.2, -0.15) is 5.10 Å². The van der Waals surface area contributed by atoms with Crippen LogP contribution in [0, 0.1) is 31.4 Å². The summed E-state index contributed by atoms with van der Waals surface area (Å²) < 4.78 is 27.7. The number of aryl methyl sites for hydroxylation is 2. The lowest BCUT2D eigenvalue weighted by molar-refractivity contribution is -0.131. The fourth-order valence-corrected chi connectivity index (χ4v) is 4.06. The molecule has 2 aromatic heterocycles. The molecular weight excluding hydrogens is 414 g/mol. The molecule has 3 aromatic rings. The van der Waals surface area contributed by atoms with E-state index < -0.39 is 11.6 Å². The van der Waals surface area contributed by atoms with E-state index in [1.807, 2.05) is 26.0 Å². The van der Waals surface area contributed by atoms with Crippen molar-refractivity contribution < 1.29 is 13.6 Å². The number of piperidine rings is 1. The van der Waals surface area contributed by atoms with Crippen molar-refractivity contribution in [3.05, 3.63) is 64.7 Å². The Bertz CT molecular complexity index is 1090. The van der Waals surface area contributed by atoms with Crippen LogP contribution in [0.25, 0.3) is 0 Å². The molecule has 1 aromatic carbocycles.